The summed E-state index contributed by atoms with van der Waals surface area (Å²) in [5.74, 6) is -0.376. The van der Waals surface area contributed by atoms with Crippen molar-refractivity contribution in [3.63, 3.8) is 0 Å². The lowest BCUT2D eigenvalue weighted by atomic mass is 9.99. The highest BCUT2D eigenvalue weighted by Gasteiger charge is 2.14. The Hall–Kier alpha value is -1.53. The van der Waals surface area contributed by atoms with E-state index in [4.69, 9.17) is 22.6 Å². The van der Waals surface area contributed by atoms with E-state index in [0.29, 0.717) is 22.4 Å². The molecule has 0 saturated heterocycles. The van der Waals surface area contributed by atoms with E-state index in [1.165, 1.54) is 0 Å². The Labute approximate surface area is 87.1 Å². The number of benzene rings is 1. The van der Waals surface area contributed by atoms with E-state index >= 15 is 0 Å². The van der Waals surface area contributed by atoms with Crippen molar-refractivity contribution in [2.45, 2.75) is 6.92 Å². The third kappa shape index (κ3) is 1.70. The molecule has 0 bridgehead atoms. The first-order chi connectivity index (χ1) is 6.61. The van der Waals surface area contributed by atoms with E-state index in [9.17, 15) is 4.79 Å². The molecule has 3 nitrogen and oxygen atoms in total. The highest BCUT2D eigenvalue weighted by atomic mass is 35.5. The molecule has 72 valence electrons. The van der Waals surface area contributed by atoms with E-state index in [1.54, 1.807) is 19.1 Å². The van der Waals surface area contributed by atoms with Crippen LogP contribution in [0.2, 0.25) is 0 Å². The predicted octanol–water partition coefficient (Wildman–Crippen LogP) is 1.87. The number of hydrogen-bond donors (Lipinski definition) is 1. The number of ketones is 1. The Bertz CT molecular complexity index is 421. The molecule has 0 aromatic heterocycles. The molecule has 0 aliphatic carbocycles. The van der Waals surface area contributed by atoms with Crippen molar-refractivity contribution in [1.29, 1.82) is 5.26 Å². The smallest absolute Gasteiger partial charge is 0.179 e. The van der Waals surface area contributed by atoms with Crippen LogP contribution in [0, 0.1) is 18.3 Å². The van der Waals surface area contributed by atoms with E-state index in [-0.39, 0.29) is 11.7 Å². The van der Waals surface area contributed by atoms with Crippen LogP contribution in [0.15, 0.2) is 12.1 Å². The molecule has 0 saturated carbocycles. The molecule has 0 amide bonds. The molecule has 0 aliphatic heterocycles. The highest BCUT2D eigenvalue weighted by Crippen LogP contribution is 2.21. The molecule has 0 radical (unpaired) electrons. The van der Waals surface area contributed by atoms with E-state index in [1.807, 2.05) is 6.07 Å². The van der Waals surface area contributed by atoms with Crippen molar-refractivity contribution in [2.24, 2.45) is 0 Å². The minimum atomic E-state index is -0.251. The summed E-state index contributed by atoms with van der Waals surface area (Å²) < 4.78 is 0. The fourth-order valence-electron chi connectivity index (χ4n) is 1.29. The molecule has 1 aromatic rings. The Kier molecular flexibility index (Phi) is 3.10. The quantitative estimate of drug-likeness (QED) is 0.458. The molecule has 0 heterocycles. The van der Waals surface area contributed by atoms with Gasteiger partial charge in [-0.15, -0.1) is 11.6 Å². The Morgan fingerprint density at radius 3 is 2.79 bits per heavy atom. The van der Waals surface area contributed by atoms with Gasteiger partial charge in [0.15, 0.2) is 5.78 Å². The van der Waals surface area contributed by atoms with Gasteiger partial charge in [-0.25, -0.2) is 0 Å². The SMILES string of the molecule is Cc1c(C#N)ccc(N)c1C(=O)CCl. The van der Waals surface area contributed by atoms with Gasteiger partial charge in [0.25, 0.3) is 0 Å². The van der Waals surface area contributed by atoms with Gasteiger partial charge < -0.3 is 5.73 Å². The number of hydrogen-bond acceptors (Lipinski definition) is 3. The number of alkyl halides is 1. The zero-order chi connectivity index (χ0) is 10.7. The number of rotatable bonds is 2. The molecule has 0 unspecified atom stereocenters. The molecular formula is C10H9ClN2O. The summed E-state index contributed by atoms with van der Waals surface area (Å²) in [6, 6.07) is 5.13. The lowest BCUT2D eigenvalue weighted by Gasteiger charge is -2.07. The van der Waals surface area contributed by atoms with E-state index in [2.05, 4.69) is 0 Å². The van der Waals surface area contributed by atoms with Crippen LogP contribution in [0.3, 0.4) is 0 Å². The summed E-state index contributed by atoms with van der Waals surface area (Å²) in [7, 11) is 0. The number of anilines is 1. The van der Waals surface area contributed by atoms with Crippen molar-refractivity contribution < 1.29 is 4.79 Å². The van der Waals surface area contributed by atoms with Crippen LogP contribution in [0.25, 0.3) is 0 Å². The summed E-state index contributed by atoms with van der Waals surface area (Å²) in [6.07, 6.45) is 0. The third-order valence-electron chi connectivity index (χ3n) is 2.02. The lowest BCUT2D eigenvalue weighted by molar-refractivity contribution is 0.102. The highest BCUT2D eigenvalue weighted by molar-refractivity contribution is 6.31. The van der Waals surface area contributed by atoms with Gasteiger partial charge in [-0.3, -0.25) is 4.79 Å². The number of carbonyl (C=O) groups is 1. The number of nitrogens with zero attached hydrogens (tertiary/aromatic N) is 1. The molecule has 0 spiro atoms. The first kappa shape index (κ1) is 10.6. The van der Waals surface area contributed by atoms with Gasteiger partial charge in [-0.05, 0) is 24.6 Å². The summed E-state index contributed by atoms with van der Waals surface area (Å²) in [5.41, 5.74) is 7.41. The van der Waals surface area contributed by atoms with Gasteiger partial charge in [-0.1, -0.05) is 0 Å². The molecule has 1 aromatic carbocycles. The average molecular weight is 209 g/mol. The maximum atomic E-state index is 11.4. The van der Waals surface area contributed by atoms with Gasteiger partial charge in [-0.2, -0.15) is 5.26 Å². The molecule has 0 atom stereocenters. The van der Waals surface area contributed by atoms with Crippen molar-refractivity contribution in [3.05, 3.63) is 28.8 Å². The monoisotopic (exact) mass is 208 g/mol. The third-order valence-corrected chi connectivity index (χ3v) is 2.26. The maximum Gasteiger partial charge on any atom is 0.179 e. The van der Waals surface area contributed by atoms with E-state index in [0.717, 1.165) is 0 Å². The van der Waals surface area contributed by atoms with Crippen LogP contribution >= 0.6 is 11.6 Å². The van der Waals surface area contributed by atoms with Crippen LogP contribution in [0.5, 0.6) is 0 Å². The summed E-state index contributed by atoms with van der Waals surface area (Å²) in [5, 5.41) is 8.75. The molecular weight excluding hydrogens is 200 g/mol. The maximum absolute atomic E-state index is 11.4. The van der Waals surface area contributed by atoms with Crippen molar-refractivity contribution in [3.8, 4) is 6.07 Å². The Morgan fingerprint density at radius 1 is 1.64 bits per heavy atom. The minimum Gasteiger partial charge on any atom is -0.398 e. The number of nitrogens with two attached hydrogens (primary N) is 1. The van der Waals surface area contributed by atoms with Gasteiger partial charge in [0, 0.05) is 11.3 Å². The molecule has 4 heteroatoms. The normalized spacial score (nSPS) is 9.50. The van der Waals surface area contributed by atoms with Crippen LogP contribution in [0.1, 0.15) is 21.5 Å². The van der Waals surface area contributed by atoms with Crippen LogP contribution in [0.4, 0.5) is 5.69 Å². The molecule has 1 rings (SSSR count). The zero-order valence-electron chi connectivity index (χ0n) is 7.67. The Morgan fingerprint density at radius 2 is 2.29 bits per heavy atom. The second-order valence-electron chi connectivity index (χ2n) is 2.87. The number of carbonyl (C=O) groups excluding carboxylic acids is 1. The Balaban J connectivity index is 3.42. The molecule has 2 N–H and O–H groups in total. The van der Waals surface area contributed by atoms with Crippen molar-refractivity contribution in [1.82, 2.24) is 0 Å². The number of nitriles is 1. The first-order valence-electron chi connectivity index (χ1n) is 4.00. The van der Waals surface area contributed by atoms with Crippen molar-refractivity contribution in [2.75, 3.05) is 11.6 Å². The van der Waals surface area contributed by atoms with Crippen molar-refractivity contribution >= 4 is 23.1 Å². The zero-order valence-corrected chi connectivity index (χ0v) is 8.43. The van der Waals surface area contributed by atoms with Crippen LogP contribution < -0.4 is 5.73 Å². The minimum absolute atomic E-state index is 0.125. The summed E-state index contributed by atoms with van der Waals surface area (Å²) >= 11 is 5.44. The standard InChI is InChI=1S/C10H9ClN2O/c1-6-7(5-12)2-3-8(13)10(6)9(14)4-11/h2-3H,4,13H2,1H3. The second kappa shape index (κ2) is 4.12. The molecule has 0 fully saturated rings. The van der Waals surface area contributed by atoms with E-state index < -0.39 is 0 Å². The first-order valence-corrected chi connectivity index (χ1v) is 4.53. The lowest BCUT2D eigenvalue weighted by Crippen LogP contribution is -2.08. The predicted molar refractivity (Wildman–Crippen MR) is 55.4 cm³/mol. The number of Topliss-reactive ketones (excluding diaryl/α,β-unsaturated/α-hetero) is 1. The average Bonchev–Trinajstić information content (AvgIpc) is 2.18. The van der Waals surface area contributed by atoms with Crippen LogP contribution in [-0.2, 0) is 0 Å². The summed E-state index contributed by atoms with van der Waals surface area (Å²) in [4.78, 5) is 11.4. The largest absolute Gasteiger partial charge is 0.398 e. The second-order valence-corrected chi connectivity index (χ2v) is 3.14. The fraction of sp³-hybridized carbons (Fsp3) is 0.200. The van der Waals surface area contributed by atoms with Gasteiger partial charge in [0.2, 0.25) is 0 Å². The fourth-order valence-corrected chi connectivity index (χ4v) is 1.42. The van der Waals surface area contributed by atoms with Gasteiger partial charge in [0.1, 0.15) is 0 Å². The topological polar surface area (TPSA) is 66.9 Å². The molecule has 14 heavy (non-hydrogen) atoms. The summed E-state index contributed by atoms with van der Waals surface area (Å²) in [6.45, 7) is 1.69. The van der Waals surface area contributed by atoms with Crippen LogP contribution in [-0.4, -0.2) is 11.7 Å². The van der Waals surface area contributed by atoms with Gasteiger partial charge in [0.05, 0.1) is 17.5 Å². The van der Waals surface area contributed by atoms with Gasteiger partial charge >= 0.3 is 0 Å². The number of nitrogen functional groups attached to an aromatic ring is 1. The number of halogens is 1. The molecule has 0 aliphatic rings.